The van der Waals surface area contributed by atoms with Crippen LogP contribution in [0.15, 0.2) is 18.2 Å². The average molecular weight is 266 g/mol. The summed E-state index contributed by atoms with van der Waals surface area (Å²) in [6, 6.07) is 4.73. The lowest BCUT2D eigenvalue weighted by molar-refractivity contribution is 0.0697. The molecule has 0 unspecified atom stereocenters. The molecule has 0 bridgehead atoms. The summed E-state index contributed by atoms with van der Waals surface area (Å²) in [4.78, 5) is 11.3. The number of aromatic nitrogens is 2. The molecule has 0 amide bonds. The summed E-state index contributed by atoms with van der Waals surface area (Å²) >= 11 is 6.09. The van der Waals surface area contributed by atoms with Gasteiger partial charge in [-0.1, -0.05) is 11.6 Å². The van der Waals surface area contributed by atoms with Crippen molar-refractivity contribution in [3.63, 3.8) is 0 Å². The molecule has 6 heteroatoms. The van der Waals surface area contributed by atoms with Gasteiger partial charge in [0.2, 0.25) is 0 Å². The van der Waals surface area contributed by atoms with Gasteiger partial charge in [0.25, 0.3) is 0 Å². The van der Waals surface area contributed by atoms with Crippen LogP contribution >= 0.6 is 11.6 Å². The van der Waals surface area contributed by atoms with Gasteiger partial charge < -0.3 is 10.8 Å². The first kappa shape index (κ1) is 12.4. The van der Waals surface area contributed by atoms with Crippen molar-refractivity contribution >= 4 is 23.3 Å². The summed E-state index contributed by atoms with van der Waals surface area (Å²) < 4.78 is 1.51. The summed E-state index contributed by atoms with van der Waals surface area (Å²) in [7, 11) is 0. The lowest BCUT2D eigenvalue weighted by Crippen LogP contribution is -2.09. The summed E-state index contributed by atoms with van der Waals surface area (Å²) in [6.45, 7) is 3.66. The van der Waals surface area contributed by atoms with Crippen molar-refractivity contribution in [3.8, 4) is 5.69 Å². The maximum atomic E-state index is 11.3. The van der Waals surface area contributed by atoms with Gasteiger partial charge in [0.15, 0.2) is 0 Å². The molecule has 94 valence electrons. The predicted octanol–water partition coefficient (Wildman–Crippen LogP) is 2.42. The van der Waals surface area contributed by atoms with Gasteiger partial charge in [0.05, 0.1) is 22.0 Å². The lowest BCUT2D eigenvalue weighted by atomic mass is 10.1. The number of carboxylic acid groups (broad SMARTS) is 1. The Morgan fingerprint density at radius 2 is 2.06 bits per heavy atom. The average Bonchev–Trinajstić information content (AvgIpc) is 2.56. The predicted molar refractivity (Wildman–Crippen MR) is 69.4 cm³/mol. The van der Waals surface area contributed by atoms with Gasteiger partial charge in [-0.25, -0.2) is 9.48 Å². The molecular formula is C12H12ClN3O2. The highest BCUT2D eigenvalue weighted by Crippen LogP contribution is 2.28. The van der Waals surface area contributed by atoms with E-state index in [0.717, 1.165) is 11.4 Å². The zero-order valence-electron chi connectivity index (χ0n) is 9.94. The van der Waals surface area contributed by atoms with Crippen molar-refractivity contribution in [3.05, 3.63) is 40.2 Å². The molecule has 18 heavy (non-hydrogen) atoms. The highest BCUT2D eigenvalue weighted by Gasteiger charge is 2.18. The Hall–Kier alpha value is -2.01. The van der Waals surface area contributed by atoms with E-state index < -0.39 is 5.97 Å². The molecule has 0 aliphatic heterocycles. The molecule has 0 saturated heterocycles. The molecule has 1 aromatic heterocycles. The number of benzene rings is 1. The third kappa shape index (κ3) is 2.04. The molecule has 3 N–H and O–H groups in total. The van der Waals surface area contributed by atoms with Gasteiger partial charge in [-0.05, 0) is 32.0 Å². The monoisotopic (exact) mass is 265 g/mol. The fraction of sp³-hybridized carbons (Fsp3) is 0.167. The minimum absolute atomic E-state index is 0.0335. The third-order valence-corrected chi connectivity index (χ3v) is 2.83. The third-order valence-electron chi connectivity index (χ3n) is 2.54. The smallest absolute Gasteiger partial charge is 0.338 e. The number of nitrogens with zero attached hydrogens (tertiary/aromatic N) is 2. The largest absolute Gasteiger partial charge is 0.478 e. The minimum atomic E-state index is -1.09. The van der Waals surface area contributed by atoms with Crippen molar-refractivity contribution in [2.45, 2.75) is 13.8 Å². The SMILES string of the molecule is Cc1cc(C)n(-c2c(Cl)cc(N)cc2C(=O)O)n1. The molecule has 1 aromatic carbocycles. The maximum Gasteiger partial charge on any atom is 0.338 e. The Balaban J connectivity index is 2.77. The Kier molecular flexibility index (Phi) is 3.00. The molecule has 0 aliphatic carbocycles. The molecule has 5 nitrogen and oxygen atoms in total. The summed E-state index contributed by atoms with van der Waals surface area (Å²) in [5.41, 5.74) is 7.88. The number of hydrogen-bond donors (Lipinski definition) is 2. The van der Waals surface area contributed by atoms with Gasteiger partial charge >= 0.3 is 5.97 Å². The summed E-state index contributed by atoms with van der Waals surface area (Å²) in [5.74, 6) is -1.09. The highest BCUT2D eigenvalue weighted by molar-refractivity contribution is 6.33. The second-order valence-corrected chi connectivity index (χ2v) is 4.45. The first-order chi connectivity index (χ1) is 8.40. The van der Waals surface area contributed by atoms with Crippen molar-refractivity contribution in [2.75, 3.05) is 5.73 Å². The van der Waals surface area contributed by atoms with Crippen LogP contribution in [-0.4, -0.2) is 20.9 Å². The van der Waals surface area contributed by atoms with Crippen LogP contribution in [0.4, 0.5) is 5.69 Å². The van der Waals surface area contributed by atoms with E-state index in [4.69, 9.17) is 17.3 Å². The number of hydrogen-bond acceptors (Lipinski definition) is 3. The van der Waals surface area contributed by atoms with Crippen molar-refractivity contribution in [1.29, 1.82) is 0 Å². The van der Waals surface area contributed by atoms with Crippen LogP contribution in [-0.2, 0) is 0 Å². The van der Waals surface area contributed by atoms with Crippen LogP contribution in [0, 0.1) is 13.8 Å². The number of aromatic carboxylic acids is 1. The second-order valence-electron chi connectivity index (χ2n) is 4.04. The molecule has 2 aromatic rings. The lowest BCUT2D eigenvalue weighted by Gasteiger charge is -2.11. The molecule has 0 radical (unpaired) electrons. The number of anilines is 1. The number of nitrogen functional groups attached to an aromatic ring is 1. The van der Waals surface area contributed by atoms with Gasteiger partial charge in [0.1, 0.15) is 0 Å². The van der Waals surface area contributed by atoms with E-state index in [9.17, 15) is 9.90 Å². The number of nitrogens with two attached hydrogens (primary N) is 1. The van der Waals surface area contributed by atoms with Crippen LogP contribution in [0.25, 0.3) is 5.69 Å². The molecule has 1 heterocycles. The molecular weight excluding hydrogens is 254 g/mol. The fourth-order valence-electron chi connectivity index (χ4n) is 1.85. The zero-order chi connectivity index (χ0) is 13.4. The topological polar surface area (TPSA) is 81.1 Å². The number of rotatable bonds is 2. The Bertz CT molecular complexity index is 634. The summed E-state index contributed by atoms with van der Waals surface area (Å²) in [5, 5.41) is 13.7. The van der Waals surface area contributed by atoms with Crippen LogP contribution in [0.2, 0.25) is 5.02 Å². The second kappa shape index (κ2) is 4.34. The molecule has 0 atom stereocenters. The van der Waals surface area contributed by atoms with Crippen LogP contribution in [0.1, 0.15) is 21.7 Å². The van der Waals surface area contributed by atoms with Gasteiger partial charge in [0, 0.05) is 11.4 Å². The Morgan fingerprint density at radius 3 is 2.56 bits per heavy atom. The van der Waals surface area contributed by atoms with E-state index in [1.807, 2.05) is 19.9 Å². The molecule has 0 spiro atoms. The van der Waals surface area contributed by atoms with E-state index in [2.05, 4.69) is 5.10 Å². The van der Waals surface area contributed by atoms with Crippen LogP contribution < -0.4 is 5.73 Å². The van der Waals surface area contributed by atoms with Crippen LogP contribution in [0.5, 0.6) is 0 Å². The normalized spacial score (nSPS) is 10.6. The molecule has 2 rings (SSSR count). The first-order valence-electron chi connectivity index (χ1n) is 5.26. The molecule has 0 fully saturated rings. The van der Waals surface area contributed by atoms with E-state index >= 15 is 0 Å². The Morgan fingerprint density at radius 1 is 1.39 bits per heavy atom. The molecule has 0 saturated carbocycles. The highest BCUT2D eigenvalue weighted by atomic mass is 35.5. The van der Waals surface area contributed by atoms with E-state index in [-0.39, 0.29) is 10.6 Å². The van der Waals surface area contributed by atoms with Gasteiger partial charge in [-0.15, -0.1) is 0 Å². The van der Waals surface area contributed by atoms with Crippen molar-refractivity contribution < 1.29 is 9.90 Å². The quantitative estimate of drug-likeness (QED) is 0.817. The van der Waals surface area contributed by atoms with E-state index in [0.29, 0.717) is 11.4 Å². The number of aryl methyl sites for hydroxylation is 2. The van der Waals surface area contributed by atoms with Gasteiger partial charge in [-0.2, -0.15) is 5.10 Å². The van der Waals surface area contributed by atoms with Crippen molar-refractivity contribution in [2.24, 2.45) is 0 Å². The van der Waals surface area contributed by atoms with E-state index in [1.165, 1.54) is 16.8 Å². The molecule has 0 aliphatic rings. The summed E-state index contributed by atoms with van der Waals surface area (Å²) in [6.07, 6.45) is 0. The minimum Gasteiger partial charge on any atom is -0.478 e. The fourth-order valence-corrected chi connectivity index (χ4v) is 2.16. The van der Waals surface area contributed by atoms with Crippen LogP contribution in [0.3, 0.4) is 0 Å². The number of carboxylic acids is 1. The number of carbonyl (C=O) groups is 1. The van der Waals surface area contributed by atoms with E-state index in [1.54, 1.807) is 0 Å². The van der Waals surface area contributed by atoms with Crippen molar-refractivity contribution in [1.82, 2.24) is 9.78 Å². The number of halogens is 1. The zero-order valence-corrected chi connectivity index (χ0v) is 10.7. The van der Waals surface area contributed by atoms with Gasteiger partial charge in [-0.3, -0.25) is 0 Å². The maximum absolute atomic E-state index is 11.3. The standard InChI is InChI=1S/C12H12ClN3O2/c1-6-3-7(2)16(15-6)11-9(12(17)18)4-8(14)5-10(11)13/h3-5H,14H2,1-2H3,(H,17,18). The Labute approximate surface area is 109 Å². The first-order valence-corrected chi connectivity index (χ1v) is 5.64.